The highest BCUT2D eigenvalue weighted by Gasteiger charge is 2.12. The van der Waals surface area contributed by atoms with Gasteiger partial charge in [-0.3, -0.25) is 0 Å². The van der Waals surface area contributed by atoms with Gasteiger partial charge in [0.05, 0.1) is 6.54 Å². The van der Waals surface area contributed by atoms with E-state index in [1.54, 1.807) is 13.0 Å². The normalized spacial score (nSPS) is 10.8. The molecule has 1 aromatic heterocycles. The highest BCUT2D eigenvalue weighted by atomic mass is 16.4. The summed E-state index contributed by atoms with van der Waals surface area (Å²) in [5, 5.41) is 12.2. The third-order valence-electron chi connectivity index (χ3n) is 3.21. The average molecular weight is 267 g/mol. The van der Waals surface area contributed by atoms with Gasteiger partial charge in [-0.15, -0.1) is 0 Å². The summed E-state index contributed by atoms with van der Waals surface area (Å²) in [5.74, 6) is 0.244. The van der Waals surface area contributed by atoms with E-state index < -0.39 is 5.97 Å². The number of carbonyl (C=O) groups is 1. The minimum absolute atomic E-state index is 0.261. The van der Waals surface area contributed by atoms with Crippen LogP contribution in [-0.4, -0.2) is 17.6 Å². The second-order valence-corrected chi connectivity index (χ2v) is 4.93. The van der Waals surface area contributed by atoms with Gasteiger partial charge < -0.3 is 14.8 Å². The van der Waals surface area contributed by atoms with Crippen LogP contribution in [0.4, 0.5) is 0 Å². The molecule has 0 fully saturated rings. The van der Waals surface area contributed by atoms with Crippen molar-refractivity contribution in [3.8, 4) is 0 Å². The lowest BCUT2D eigenvalue weighted by molar-refractivity contribution is 0.0695. The van der Waals surface area contributed by atoms with E-state index in [4.69, 9.17) is 9.52 Å². The number of hydrogen-bond donors (Lipinski definition) is 2. The van der Waals surface area contributed by atoms with Crippen LogP contribution in [0.1, 0.15) is 67.3 Å². The van der Waals surface area contributed by atoms with E-state index in [-0.39, 0.29) is 5.56 Å². The second-order valence-electron chi connectivity index (χ2n) is 4.93. The maximum Gasteiger partial charge on any atom is 0.339 e. The fourth-order valence-corrected chi connectivity index (χ4v) is 2.09. The first-order valence-corrected chi connectivity index (χ1v) is 7.18. The summed E-state index contributed by atoms with van der Waals surface area (Å²) in [4.78, 5) is 10.9. The fraction of sp³-hybridized carbons (Fsp3) is 0.667. The molecule has 2 N–H and O–H groups in total. The van der Waals surface area contributed by atoms with E-state index in [2.05, 4.69) is 12.2 Å². The maximum absolute atomic E-state index is 10.9. The van der Waals surface area contributed by atoms with Crippen molar-refractivity contribution in [1.82, 2.24) is 5.32 Å². The fourth-order valence-electron chi connectivity index (χ4n) is 2.09. The Labute approximate surface area is 115 Å². The summed E-state index contributed by atoms with van der Waals surface area (Å²) in [7, 11) is 0. The zero-order valence-electron chi connectivity index (χ0n) is 12.0. The molecule has 0 aliphatic rings. The number of carboxylic acids is 1. The molecule has 0 saturated carbocycles. The van der Waals surface area contributed by atoms with Gasteiger partial charge in [0, 0.05) is 0 Å². The van der Waals surface area contributed by atoms with Gasteiger partial charge >= 0.3 is 5.97 Å². The van der Waals surface area contributed by atoms with Crippen molar-refractivity contribution in [2.24, 2.45) is 0 Å². The first-order valence-electron chi connectivity index (χ1n) is 7.18. The van der Waals surface area contributed by atoms with E-state index in [0.29, 0.717) is 18.1 Å². The Morgan fingerprint density at radius 2 is 1.95 bits per heavy atom. The van der Waals surface area contributed by atoms with Crippen molar-refractivity contribution in [2.75, 3.05) is 6.54 Å². The third-order valence-corrected chi connectivity index (χ3v) is 3.21. The molecule has 4 nitrogen and oxygen atoms in total. The van der Waals surface area contributed by atoms with Gasteiger partial charge in [-0.2, -0.15) is 0 Å². The Kier molecular flexibility index (Phi) is 7.26. The van der Waals surface area contributed by atoms with Gasteiger partial charge in [0.1, 0.15) is 17.1 Å². The molecule has 0 radical (unpaired) electrons. The second kappa shape index (κ2) is 8.75. The minimum atomic E-state index is -0.927. The molecule has 1 heterocycles. The predicted octanol–water partition coefficient (Wildman–Crippen LogP) is 3.74. The lowest BCUT2D eigenvalue weighted by Crippen LogP contribution is -2.14. The zero-order chi connectivity index (χ0) is 14.1. The molecule has 1 aromatic rings. The van der Waals surface area contributed by atoms with E-state index in [1.807, 2.05) is 0 Å². The molecule has 1 rings (SSSR count). The molecule has 4 heteroatoms. The number of carboxylic acid groups (broad SMARTS) is 1. The summed E-state index contributed by atoms with van der Waals surface area (Å²) >= 11 is 0. The topological polar surface area (TPSA) is 62.5 Å². The van der Waals surface area contributed by atoms with Crippen LogP contribution >= 0.6 is 0 Å². The molecule has 0 amide bonds. The summed E-state index contributed by atoms with van der Waals surface area (Å²) < 4.78 is 5.39. The summed E-state index contributed by atoms with van der Waals surface area (Å²) in [6.07, 6.45) is 7.66. The van der Waals surface area contributed by atoms with Gasteiger partial charge in [0.15, 0.2) is 0 Å². The van der Waals surface area contributed by atoms with E-state index >= 15 is 0 Å². The first-order chi connectivity index (χ1) is 9.15. The molecule has 0 aliphatic carbocycles. The zero-order valence-corrected chi connectivity index (χ0v) is 12.0. The summed E-state index contributed by atoms with van der Waals surface area (Å²) in [6.45, 7) is 5.45. The Balaban J connectivity index is 2.12. The predicted molar refractivity (Wildman–Crippen MR) is 75.5 cm³/mol. The number of hydrogen-bond acceptors (Lipinski definition) is 3. The summed E-state index contributed by atoms with van der Waals surface area (Å²) in [6, 6.07) is 1.60. The molecule has 108 valence electrons. The van der Waals surface area contributed by atoms with Crippen LogP contribution in [0.25, 0.3) is 0 Å². The standard InChI is InChI=1S/C15H25NO3/c1-3-4-5-6-7-8-9-16-11-13-10-14(15(17)18)12(2)19-13/h10,16H,3-9,11H2,1-2H3,(H,17,18). The number of unbranched alkanes of at least 4 members (excludes halogenated alkanes) is 5. The van der Waals surface area contributed by atoms with Crippen LogP contribution in [0.15, 0.2) is 10.5 Å². The number of rotatable bonds is 10. The van der Waals surface area contributed by atoms with Crippen LogP contribution in [0.3, 0.4) is 0 Å². The number of nitrogens with one attached hydrogen (secondary N) is 1. The van der Waals surface area contributed by atoms with Crippen LogP contribution in [0.2, 0.25) is 0 Å². The molecular formula is C15H25NO3. The molecular weight excluding hydrogens is 242 g/mol. The molecule has 0 bridgehead atoms. The number of aryl methyl sites for hydroxylation is 1. The molecule has 0 saturated heterocycles. The minimum Gasteiger partial charge on any atom is -0.478 e. The van der Waals surface area contributed by atoms with Crippen molar-refractivity contribution in [3.63, 3.8) is 0 Å². The molecule has 0 spiro atoms. The molecule has 19 heavy (non-hydrogen) atoms. The SMILES string of the molecule is CCCCCCCCNCc1cc(C(=O)O)c(C)o1. The van der Waals surface area contributed by atoms with Gasteiger partial charge in [-0.25, -0.2) is 4.79 Å². The van der Waals surface area contributed by atoms with Gasteiger partial charge in [-0.05, 0) is 26.0 Å². The first kappa shape index (κ1) is 15.8. The van der Waals surface area contributed by atoms with Crippen LogP contribution < -0.4 is 5.32 Å². The van der Waals surface area contributed by atoms with Gasteiger partial charge in [-0.1, -0.05) is 39.0 Å². The molecule has 0 aromatic carbocycles. The largest absolute Gasteiger partial charge is 0.478 e. The van der Waals surface area contributed by atoms with E-state index in [0.717, 1.165) is 13.0 Å². The van der Waals surface area contributed by atoms with Crippen LogP contribution in [0, 0.1) is 6.92 Å². The Hall–Kier alpha value is -1.29. The number of furan rings is 1. The van der Waals surface area contributed by atoms with Crippen molar-refractivity contribution in [1.29, 1.82) is 0 Å². The van der Waals surface area contributed by atoms with Crippen LogP contribution in [-0.2, 0) is 6.54 Å². The Morgan fingerprint density at radius 3 is 2.58 bits per heavy atom. The smallest absolute Gasteiger partial charge is 0.339 e. The third kappa shape index (κ3) is 5.92. The molecule has 0 unspecified atom stereocenters. The monoisotopic (exact) mass is 267 g/mol. The lowest BCUT2D eigenvalue weighted by atomic mass is 10.1. The van der Waals surface area contributed by atoms with Crippen molar-refractivity contribution in [3.05, 3.63) is 23.2 Å². The van der Waals surface area contributed by atoms with Gasteiger partial charge in [0.25, 0.3) is 0 Å². The van der Waals surface area contributed by atoms with Crippen molar-refractivity contribution < 1.29 is 14.3 Å². The number of aromatic carboxylic acids is 1. The molecule has 0 aliphatic heterocycles. The Bertz CT molecular complexity index is 385. The maximum atomic E-state index is 10.9. The highest BCUT2D eigenvalue weighted by Crippen LogP contribution is 2.14. The summed E-state index contributed by atoms with van der Waals surface area (Å²) in [5.41, 5.74) is 0.261. The van der Waals surface area contributed by atoms with Crippen molar-refractivity contribution in [2.45, 2.75) is 58.9 Å². The Morgan fingerprint density at radius 1 is 1.26 bits per heavy atom. The lowest BCUT2D eigenvalue weighted by Gasteiger charge is -2.02. The van der Waals surface area contributed by atoms with E-state index in [1.165, 1.54) is 32.1 Å². The average Bonchev–Trinajstić information content (AvgIpc) is 2.74. The van der Waals surface area contributed by atoms with Gasteiger partial charge in [0.2, 0.25) is 0 Å². The highest BCUT2D eigenvalue weighted by molar-refractivity contribution is 5.88. The van der Waals surface area contributed by atoms with Crippen LogP contribution in [0.5, 0.6) is 0 Å². The van der Waals surface area contributed by atoms with E-state index in [9.17, 15) is 4.79 Å². The molecule has 0 atom stereocenters. The quantitative estimate of drug-likeness (QED) is 0.634. The van der Waals surface area contributed by atoms with Crippen molar-refractivity contribution >= 4 is 5.97 Å².